The molecule has 46 heavy (non-hydrogen) atoms. The van der Waals surface area contributed by atoms with E-state index in [1.165, 1.54) is 9.80 Å². The van der Waals surface area contributed by atoms with Gasteiger partial charge in [-0.2, -0.15) is 0 Å². The maximum atomic E-state index is 13.8. The summed E-state index contributed by atoms with van der Waals surface area (Å²) in [6.45, 7) is -0.525. The lowest BCUT2D eigenvalue weighted by Gasteiger charge is -2.49. The predicted molar refractivity (Wildman–Crippen MR) is 167 cm³/mol. The molecule has 14 heteroatoms. The number of amides is 4. The highest BCUT2D eigenvalue weighted by molar-refractivity contribution is 6.12. The molecule has 8 rings (SSSR count). The largest absolute Gasteiger partial charge is 0.370 e. The number of aliphatic hydroxyl groups is 2. The lowest BCUT2D eigenvalue weighted by Crippen LogP contribution is -2.78. The number of nitrogens with one attached hydrogen (secondary N) is 2. The zero-order chi connectivity index (χ0) is 32.0. The van der Waals surface area contributed by atoms with Gasteiger partial charge in [0.05, 0.1) is 12.6 Å². The van der Waals surface area contributed by atoms with Crippen LogP contribution in [0.2, 0.25) is 0 Å². The van der Waals surface area contributed by atoms with Crippen molar-refractivity contribution < 1.29 is 24.6 Å². The zero-order valence-electron chi connectivity index (χ0n) is 24.5. The van der Waals surface area contributed by atoms with Gasteiger partial charge in [0.1, 0.15) is 18.6 Å². The first kappa shape index (κ1) is 28.0. The van der Waals surface area contributed by atoms with E-state index >= 15 is 0 Å². The molecule has 1 spiro atoms. The molecule has 4 atom stereocenters. The molecule has 2 fully saturated rings. The van der Waals surface area contributed by atoms with Crippen LogP contribution in [0.1, 0.15) is 21.5 Å². The number of imide groups is 1. The van der Waals surface area contributed by atoms with Crippen LogP contribution in [-0.4, -0.2) is 99.0 Å². The van der Waals surface area contributed by atoms with Crippen LogP contribution in [0.15, 0.2) is 82.8 Å². The van der Waals surface area contributed by atoms with Gasteiger partial charge in [0, 0.05) is 17.8 Å². The van der Waals surface area contributed by atoms with E-state index in [0.29, 0.717) is 17.7 Å². The van der Waals surface area contributed by atoms with Crippen LogP contribution in [0, 0.1) is 0 Å². The summed E-state index contributed by atoms with van der Waals surface area (Å²) in [4.78, 5) is 53.0. The number of nitrogens with zero attached hydrogens (tertiary/aromatic N) is 5. The molecular formula is C32H31N9O5. The molecule has 0 bridgehead atoms. The number of urea groups is 1. The normalized spacial score (nSPS) is 27.0. The van der Waals surface area contributed by atoms with Gasteiger partial charge in [-0.3, -0.25) is 19.4 Å². The van der Waals surface area contributed by atoms with E-state index in [1.54, 1.807) is 36.4 Å². The molecule has 0 saturated carbocycles. The number of carbonyl (C=O) groups excluding carboxylic acids is 3. The average molecular weight is 622 g/mol. The Labute approximate surface area is 263 Å². The molecule has 4 heterocycles. The van der Waals surface area contributed by atoms with Gasteiger partial charge in [0.25, 0.3) is 11.8 Å². The summed E-state index contributed by atoms with van der Waals surface area (Å²) in [6.07, 6.45) is 0.574. The Morgan fingerprint density at radius 2 is 1.72 bits per heavy atom. The minimum Gasteiger partial charge on any atom is -0.370 e. The Balaban J connectivity index is 1.07. The standard InChI is InChI=1S/C32H31N9O5/c33-28-37-26-23(14-40-25(42)16-39(30(40)44)18-8-2-1-3-9-18)35-29(34)41-15-24(32(45,46)31(26,41)38-28)36-27(43)21-12-6-11-20-19-10-5-4-7-17(19)13-22(20)21/h1-12,23-24,26,45-46H,13-16H2,(H2,34,35)(H,36,43)(H3,33,37,38)/t23?,24?,26-,31-/m0/s1. The van der Waals surface area contributed by atoms with E-state index < -0.39 is 47.4 Å². The van der Waals surface area contributed by atoms with Gasteiger partial charge in [-0.25, -0.2) is 14.8 Å². The Kier molecular flexibility index (Phi) is 5.95. The first-order valence-electron chi connectivity index (χ1n) is 14.9. The van der Waals surface area contributed by atoms with Crippen molar-refractivity contribution in [1.29, 1.82) is 0 Å². The number of rotatable bonds is 5. The Hall–Kier alpha value is -5.47. The SMILES string of the molecule is NC1=N[C@H]2C(CN3C(=O)CN(c4ccccc4)C3=O)N=C(N)N3CC(NC(=O)c4cccc5c4Cc4ccccc4-5)C(O)(O)[C@]23N1. The molecule has 2 unspecified atom stereocenters. The third-order valence-electron chi connectivity index (χ3n) is 9.70. The van der Waals surface area contributed by atoms with Crippen LogP contribution in [0.4, 0.5) is 10.5 Å². The fourth-order valence-electron chi connectivity index (χ4n) is 7.56. The van der Waals surface area contributed by atoms with Crippen molar-refractivity contribution in [3.63, 3.8) is 0 Å². The van der Waals surface area contributed by atoms with Crippen molar-refractivity contribution in [3.05, 3.63) is 89.5 Å². The smallest absolute Gasteiger partial charge is 0.331 e. The van der Waals surface area contributed by atoms with E-state index in [0.717, 1.165) is 27.2 Å². The number of anilines is 1. The fraction of sp³-hybridized carbons (Fsp3) is 0.281. The minimum atomic E-state index is -2.67. The number of aliphatic imine (C=N–C) groups is 2. The summed E-state index contributed by atoms with van der Waals surface area (Å²) in [5.74, 6) is -3.79. The first-order chi connectivity index (χ1) is 22.1. The van der Waals surface area contributed by atoms with Gasteiger partial charge in [-0.05, 0) is 46.9 Å². The lowest BCUT2D eigenvalue weighted by atomic mass is 9.84. The minimum absolute atomic E-state index is 0.0852. The quantitative estimate of drug-likeness (QED) is 0.125. The monoisotopic (exact) mass is 621 g/mol. The van der Waals surface area contributed by atoms with Crippen LogP contribution < -0.4 is 27.0 Å². The molecule has 0 aromatic heterocycles. The topological polar surface area (TPSA) is 202 Å². The number of fused-ring (bicyclic) bond motifs is 3. The van der Waals surface area contributed by atoms with Crippen molar-refractivity contribution in [3.8, 4) is 11.1 Å². The van der Waals surface area contributed by atoms with Crippen LogP contribution >= 0.6 is 0 Å². The molecule has 8 N–H and O–H groups in total. The highest BCUT2D eigenvalue weighted by Gasteiger charge is 2.73. The van der Waals surface area contributed by atoms with Crippen molar-refractivity contribution in [2.45, 2.75) is 36.0 Å². The molecule has 14 nitrogen and oxygen atoms in total. The zero-order valence-corrected chi connectivity index (χ0v) is 24.5. The highest BCUT2D eigenvalue weighted by atomic mass is 16.5. The summed E-state index contributed by atoms with van der Waals surface area (Å²) in [5.41, 5.74) is 15.7. The van der Waals surface area contributed by atoms with Gasteiger partial charge < -0.3 is 37.2 Å². The van der Waals surface area contributed by atoms with E-state index in [1.807, 2.05) is 36.4 Å². The van der Waals surface area contributed by atoms with Gasteiger partial charge >= 0.3 is 6.03 Å². The van der Waals surface area contributed by atoms with Crippen LogP contribution in [0.5, 0.6) is 0 Å². The molecule has 3 aromatic carbocycles. The highest BCUT2D eigenvalue weighted by Crippen LogP contribution is 2.45. The number of guanidine groups is 2. The Morgan fingerprint density at radius 1 is 0.978 bits per heavy atom. The van der Waals surface area contributed by atoms with Gasteiger partial charge in [-0.15, -0.1) is 0 Å². The third-order valence-corrected chi connectivity index (χ3v) is 9.70. The number of benzene rings is 3. The average Bonchev–Trinajstić information content (AvgIpc) is 3.75. The van der Waals surface area contributed by atoms with Gasteiger partial charge in [0.15, 0.2) is 17.6 Å². The molecule has 3 aromatic rings. The fourth-order valence-corrected chi connectivity index (χ4v) is 7.56. The second kappa shape index (κ2) is 9.76. The van der Waals surface area contributed by atoms with E-state index in [4.69, 9.17) is 11.5 Å². The summed E-state index contributed by atoms with van der Waals surface area (Å²) in [5, 5.41) is 29.5. The maximum absolute atomic E-state index is 13.8. The van der Waals surface area contributed by atoms with Crippen molar-refractivity contribution >= 4 is 35.5 Å². The maximum Gasteiger partial charge on any atom is 0.331 e. The first-order valence-corrected chi connectivity index (χ1v) is 14.9. The van der Waals surface area contributed by atoms with Crippen LogP contribution in [0.3, 0.4) is 0 Å². The number of hydrogen-bond acceptors (Lipinski definition) is 11. The summed E-state index contributed by atoms with van der Waals surface area (Å²) in [7, 11) is 0. The van der Waals surface area contributed by atoms with Crippen molar-refractivity contribution in [1.82, 2.24) is 20.4 Å². The van der Waals surface area contributed by atoms with Crippen molar-refractivity contribution in [2.24, 2.45) is 21.5 Å². The third kappa shape index (κ3) is 3.80. The summed E-state index contributed by atoms with van der Waals surface area (Å²) < 4.78 is 0. The lowest BCUT2D eigenvalue weighted by molar-refractivity contribution is -0.230. The summed E-state index contributed by atoms with van der Waals surface area (Å²) in [6, 6.07) is 18.4. The Morgan fingerprint density at radius 3 is 2.52 bits per heavy atom. The molecule has 5 aliphatic rings. The number of nitrogens with two attached hydrogens (primary N) is 2. The predicted octanol–water partition coefficient (Wildman–Crippen LogP) is -0.499. The molecule has 234 valence electrons. The molecule has 0 radical (unpaired) electrons. The Bertz CT molecular complexity index is 1880. The van der Waals surface area contributed by atoms with Crippen LogP contribution in [0.25, 0.3) is 11.1 Å². The van der Waals surface area contributed by atoms with E-state index in [2.05, 4.69) is 20.6 Å². The van der Waals surface area contributed by atoms with E-state index in [9.17, 15) is 24.6 Å². The molecule has 4 amide bonds. The van der Waals surface area contributed by atoms with Crippen LogP contribution in [-0.2, 0) is 11.2 Å². The second-order valence-electron chi connectivity index (χ2n) is 12.1. The number of para-hydroxylation sites is 1. The van der Waals surface area contributed by atoms with Gasteiger partial charge in [0.2, 0.25) is 5.79 Å². The van der Waals surface area contributed by atoms with E-state index in [-0.39, 0.29) is 31.6 Å². The summed E-state index contributed by atoms with van der Waals surface area (Å²) >= 11 is 0. The second-order valence-corrected chi connectivity index (χ2v) is 12.1. The van der Waals surface area contributed by atoms with Crippen molar-refractivity contribution in [2.75, 3.05) is 24.5 Å². The molecule has 4 aliphatic heterocycles. The molecule has 1 aliphatic carbocycles. The molecule has 2 saturated heterocycles. The van der Waals surface area contributed by atoms with Gasteiger partial charge in [-0.1, -0.05) is 54.6 Å². The molecular weight excluding hydrogens is 590 g/mol. The number of hydrogen-bond donors (Lipinski definition) is 6. The number of carbonyl (C=O) groups is 3.